The van der Waals surface area contributed by atoms with Crippen LogP contribution in [0.3, 0.4) is 0 Å². The Balaban J connectivity index is 2.12. The van der Waals surface area contributed by atoms with E-state index in [1.807, 2.05) is 0 Å². The van der Waals surface area contributed by atoms with Crippen LogP contribution in [0.1, 0.15) is 24.8 Å². The number of rotatable bonds is 4. The standard InChI is InChI=1S/C14H16O5S/c15-13(16)14(6-3-7-14)11-4-1-2-5-12(11)20(17,18)10-8-19-9-10/h1-2,4-5,10H,3,6-9H2,(H,15,16). The molecule has 0 amide bonds. The number of carbonyl (C=O) groups is 1. The first-order chi connectivity index (χ1) is 9.48. The average molecular weight is 296 g/mol. The maximum atomic E-state index is 12.6. The van der Waals surface area contributed by atoms with E-state index < -0.39 is 26.5 Å². The summed E-state index contributed by atoms with van der Waals surface area (Å²) >= 11 is 0. The van der Waals surface area contributed by atoms with E-state index in [0.717, 1.165) is 6.42 Å². The van der Waals surface area contributed by atoms with Gasteiger partial charge in [0.1, 0.15) is 5.25 Å². The summed E-state index contributed by atoms with van der Waals surface area (Å²) in [6.07, 6.45) is 1.80. The molecule has 1 aromatic carbocycles. The molecule has 3 rings (SSSR count). The van der Waals surface area contributed by atoms with Crippen LogP contribution in [0.15, 0.2) is 29.2 Å². The van der Waals surface area contributed by atoms with E-state index in [1.165, 1.54) is 6.07 Å². The number of sulfone groups is 1. The highest BCUT2D eigenvalue weighted by Crippen LogP contribution is 2.46. The summed E-state index contributed by atoms with van der Waals surface area (Å²) in [6, 6.07) is 6.50. The van der Waals surface area contributed by atoms with Crippen molar-refractivity contribution in [1.82, 2.24) is 0 Å². The van der Waals surface area contributed by atoms with Gasteiger partial charge in [-0.15, -0.1) is 0 Å². The second-order valence-corrected chi connectivity index (χ2v) is 7.64. The maximum absolute atomic E-state index is 12.6. The lowest BCUT2D eigenvalue weighted by Gasteiger charge is -2.39. The Labute approximate surface area is 117 Å². The van der Waals surface area contributed by atoms with Crippen LogP contribution in [0.25, 0.3) is 0 Å². The fourth-order valence-electron chi connectivity index (χ4n) is 2.81. The molecular formula is C14H16O5S. The van der Waals surface area contributed by atoms with Gasteiger partial charge in [0.05, 0.1) is 23.5 Å². The van der Waals surface area contributed by atoms with Crippen LogP contribution in [0.2, 0.25) is 0 Å². The molecule has 1 heterocycles. The van der Waals surface area contributed by atoms with Gasteiger partial charge in [-0.3, -0.25) is 4.79 Å². The van der Waals surface area contributed by atoms with E-state index in [9.17, 15) is 18.3 Å². The van der Waals surface area contributed by atoms with E-state index in [2.05, 4.69) is 0 Å². The normalized spacial score (nSPS) is 21.8. The Morgan fingerprint density at radius 2 is 1.90 bits per heavy atom. The lowest BCUT2D eigenvalue weighted by Crippen LogP contribution is -2.45. The van der Waals surface area contributed by atoms with Gasteiger partial charge >= 0.3 is 5.97 Å². The zero-order chi connectivity index (χ0) is 14.4. The Bertz CT molecular complexity index is 641. The molecule has 0 atom stereocenters. The summed E-state index contributed by atoms with van der Waals surface area (Å²) in [6.45, 7) is 0.382. The molecule has 1 aliphatic heterocycles. The predicted octanol–water partition coefficient (Wildman–Crippen LogP) is 1.37. The quantitative estimate of drug-likeness (QED) is 0.907. The Kier molecular flexibility index (Phi) is 3.10. The summed E-state index contributed by atoms with van der Waals surface area (Å²) < 4.78 is 30.1. The Morgan fingerprint density at radius 1 is 1.25 bits per heavy atom. The third-order valence-electron chi connectivity index (χ3n) is 4.37. The summed E-state index contributed by atoms with van der Waals surface area (Å²) in [5.74, 6) is -0.934. The van der Waals surface area contributed by atoms with Crippen molar-refractivity contribution in [2.24, 2.45) is 0 Å². The molecule has 1 saturated heterocycles. The molecule has 1 N–H and O–H groups in total. The predicted molar refractivity (Wildman–Crippen MR) is 71.4 cm³/mol. The number of carboxylic acid groups (broad SMARTS) is 1. The van der Waals surface area contributed by atoms with Crippen LogP contribution < -0.4 is 0 Å². The van der Waals surface area contributed by atoms with Gasteiger partial charge in [-0.25, -0.2) is 8.42 Å². The zero-order valence-corrected chi connectivity index (χ0v) is 11.7. The van der Waals surface area contributed by atoms with Crippen LogP contribution in [-0.2, 0) is 24.8 Å². The van der Waals surface area contributed by atoms with Gasteiger partial charge in [0.25, 0.3) is 0 Å². The molecule has 2 aliphatic rings. The van der Waals surface area contributed by atoms with Gasteiger partial charge < -0.3 is 9.84 Å². The average Bonchev–Trinajstić information content (AvgIpc) is 2.24. The molecule has 2 fully saturated rings. The summed E-state index contributed by atoms with van der Waals surface area (Å²) in [4.78, 5) is 11.8. The van der Waals surface area contributed by atoms with E-state index in [1.54, 1.807) is 18.2 Å². The maximum Gasteiger partial charge on any atom is 0.314 e. The number of carboxylic acids is 1. The molecule has 20 heavy (non-hydrogen) atoms. The fourth-order valence-corrected chi connectivity index (χ4v) is 4.56. The van der Waals surface area contributed by atoms with Crippen molar-refractivity contribution in [2.45, 2.75) is 34.8 Å². The van der Waals surface area contributed by atoms with Crippen molar-refractivity contribution in [2.75, 3.05) is 13.2 Å². The highest BCUT2D eigenvalue weighted by atomic mass is 32.2. The molecule has 0 spiro atoms. The minimum atomic E-state index is -3.51. The van der Waals surface area contributed by atoms with E-state index >= 15 is 0 Å². The second kappa shape index (κ2) is 4.56. The topological polar surface area (TPSA) is 80.7 Å². The fraction of sp³-hybridized carbons (Fsp3) is 0.500. The summed E-state index contributed by atoms with van der Waals surface area (Å²) in [5.41, 5.74) is -0.598. The minimum absolute atomic E-state index is 0.162. The number of hydrogen-bond donors (Lipinski definition) is 1. The smallest absolute Gasteiger partial charge is 0.314 e. The van der Waals surface area contributed by atoms with Crippen molar-refractivity contribution in [1.29, 1.82) is 0 Å². The van der Waals surface area contributed by atoms with Crippen LogP contribution in [0, 0.1) is 0 Å². The summed E-state index contributed by atoms with van der Waals surface area (Å²) in [5, 5.41) is 8.97. The molecule has 5 nitrogen and oxygen atoms in total. The lowest BCUT2D eigenvalue weighted by molar-refractivity contribution is -0.147. The van der Waals surface area contributed by atoms with Crippen molar-refractivity contribution in [3.8, 4) is 0 Å². The molecule has 0 bridgehead atoms. The molecule has 0 unspecified atom stereocenters. The molecule has 0 radical (unpaired) electrons. The highest BCUT2D eigenvalue weighted by molar-refractivity contribution is 7.92. The van der Waals surface area contributed by atoms with E-state index in [4.69, 9.17) is 4.74 Å². The minimum Gasteiger partial charge on any atom is -0.481 e. The van der Waals surface area contributed by atoms with Gasteiger partial charge in [0.15, 0.2) is 9.84 Å². The summed E-state index contributed by atoms with van der Waals surface area (Å²) in [7, 11) is -3.51. The van der Waals surface area contributed by atoms with Crippen LogP contribution in [0.4, 0.5) is 0 Å². The van der Waals surface area contributed by atoms with Gasteiger partial charge in [-0.1, -0.05) is 24.6 Å². The third kappa shape index (κ3) is 1.78. The van der Waals surface area contributed by atoms with E-state index in [-0.39, 0.29) is 18.1 Å². The first-order valence-corrected chi connectivity index (χ1v) is 8.18. The van der Waals surface area contributed by atoms with Crippen LogP contribution in [-0.4, -0.2) is 38.0 Å². The molecule has 6 heteroatoms. The number of benzene rings is 1. The van der Waals surface area contributed by atoms with E-state index in [0.29, 0.717) is 18.4 Å². The number of aliphatic carboxylic acids is 1. The molecule has 108 valence electrons. The van der Waals surface area contributed by atoms with Gasteiger partial charge in [-0.05, 0) is 24.5 Å². The van der Waals surface area contributed by atoms with Crippen molar-refractivity contribution in [3.05, 3.63) is 29.8 Å². The Morgan fingerprint density at radius 3 is 2.35 bits per heavy atom. The van der Waals surface area contributed by atoms with Gasteiger partial charge in [0.2, 0.25) is 0 Å². The monoisotopic (exact) mass is 296 g/mol. The zero-order valence-electron chi connectivity index (χ0n) is 10.9. The number of ether oxygens (including phenoxy) is 1. The third-order valence-corrected chi connectivity index (χ3v) is 6.49. The SMILES string of the molecule is O=C(O)C1(c2ccccc2S(=O)(=O)C2COC2)CCC1. The van der Waals surface area contributed by atoms with Crippen molar-refractivity contribution < 1.29 is 23.1 Å². The lowest BCUT2D eigenvalue weighted by atomic mass is 9.64. The van der Waals surface area contributed by atoms with Crippen molar-refractivity contribution >= 4 is 15.8 Å². The Hall–Kier alpha value is -1.40. The molecule has 1 aromatic rings. The van der Waals surface area contributed by atoms with Crippen LogP contribution in [0.5, 0.6) is 0 Å². The number of hydrogen-bond acceptors (Lipinski definition) is 4. The molecular weight excluding hydrogens is 280 g/mol. The van der Waals surface area contributed by atoms with Gasteiger partial charge in [-0.2, -0.15) is 0 Å². The molecule has 0 aromatic heterocycles. The second-order valence-electron chi connectivity index (χ2n) is 5.44. The molecule has 1 saturated carbocycles. The highest BCUT2D eigenvalue weighted by Gasteiger charge is 2.49. The first kappa shape index (κ1) is 13.6. The van der Waals surface area contributed by atoms with Crippen LogP contribution >= 0.6 is 0 Å². The van der Waals surface area contributed by atoms with Gasteiger partial charge in [0, 0.05) is 0 Å². The first-order valence-electron chi connectivity index (χ1n) is 6.63. The van der Waals surface area contributed by atoms with Crippen molar-refractivity contribution in [3.63, 3.8) is 0 Å². The largest absolute Gasteiger partial charge is 0.481 e. The molecule has 1 aliphatic carbocycles.